The normalized spacial score (nSPS) is 41.3. The molecule has 1 saturated heterocycles. The summed E-state index contributed by atoms with van der Waals surface area (Å²) in [6, 6.07) is 2.36. The monoisotopic (exact) mass is 82.1 g/mol. The van der Waals surface area contributed by atoms with Crippen LogP contribution < -0.4 is 0 Å². The summed E-state index contributed by atoms with van der Waals surface area (Å²) >= 11 is 0. The van der Waals surface area contributed by atoms with Gasteiger partial charge in [-0.25, -0.2) is 0 Å². The van der Waals surface area contributed by atoms with Gasteiger partial charge in [0, 0.05) is 6.54 Å². The summed E-state index contributed by atoms with van der Waals surface area (Å²) in [5.74, 6) is 0. The molecule has 1 rings (SSSR count). The second-order valence-corrected chi connectivity index (χ2v) is 1.58. The highest BCUT2D eigenvalue weighted by molar-refractivity contribution is 5.03. The fourth-order valence-electron chi connectivity index (χ4n) is 0.365. The van der Waals surface area contributed by atoms with Crippen LogP contribution in [0.25, 0.3) is 0 Å². The lowest BCUT2D eigenvalue weighted by atomic mass is 10.5. The van der Waals surface area contributed by atoms with Gasteiger partial charge in [0.15, 0.2) is 0 Å². The zero-order chi connectivity index (χ0) is 4.57. The standard InChI is InChI=1S/C4H6N2/c1-6-3-4(6)2-5/h4H,3H2,1H3. The Morgan fingerprint density at radius 2 is 2.50 bits per heavy atom. The van der Waals surface area contributed by atoms with Crippen molar-refractivity contribution >= 4 is 0 Å². The molecule has 0 aromatic carbocycles. The average Bonchev–Trinajstić information content (AvgIpc) is 2.19. The Morgan fingerprint density at radius 1 is 2.00 bits per heavy atom. The quantitative estimate of drug-likeness (QED) is 0.379. The number of hydrogen-bond donors (Lipinski definition) is 0. The molecule has 1 aliphatic rings. The van der Waals surface area contributed by atoms with Crippen molar-refractivity contribution in [3.8, 4) is 6.07 Å². The van der Waals surface area contributed by atoms with Crippen LogP contribution in [0.2, 0.25) is 0 Å². The number of likely N-dealkylation sites (N-methyl/N-ethyl adjacent to an activating group) is 1. The summed E-state index contributed by atoms with van der Waals surface area (Å²) in [5, 5.41) is 8.08. The van der Waals surface area contributed by atoms with Crippen LogP contribution >= 0.6 is 0 Å². The maximum absolute atomic E-state index is 8.08. The van der Waals surface area contributed by atoms with E-state index in [1.807, 2.05) is 11.9 Å². The van der Waals surface area contributed by atoms with Gasteiger partial charge in [-0.1, -0.05) is 0 Å². The SMILES string of the molecule is CN1CC1C#N. The number of nitriles is 1. The first-order chi connectivity index (χ1) is 2.84. The van der Waals surface area contributed by atoms with Gasteiger partial charge in [-0.15, -0.1) is 0 Å². The Hall–Kier alpha value is -0.550. The Morgan fingerprint density at radius 3 is 2.50 bits per heavy atom. The lowest BCUT2D eigenvalue weighted by molar-refractivity contribution is 0.664. The van der Waals surface area contributed by atoms with E-state index in [0.717, 1.165) is 6.54 Å². The van der Waals surface area contributed by atoms with Gasteiger partial charge in [0.2, 0.25) is 0 Å². The van der Waals surface area contributed by atoms with Crippen LogP contribution in [-0.2, 0) is 0 Å². The van der Waals surface area contributed by atoms with Gasteiger partial charge in [-0.05, 0) is 7.05 Å². The Bertz CT molecular complexity index is 92.2. The van der Waals surface area contributed by atoms with E-state index in [-0.39, 0.29) is 6.04 Å². The van der Waals surface area contributed by atoms with Gasteiger partial charge in [0.1, 0.15) is 6.04 Å². The van der Waals surface area contributed by atoms with Crippen molar-refractivity contribution in [3.63, 3.8) is 0 Å². The second kappa shape index (κ2) is 0.954. The third-order valence-corrected chi connectivity index (χ3v) is 1.01. The van der Waals surface area contributed by atoms with Gasteiger partial charge < -0.3 is 0 Å². The molecule has 1 heterocycles. The first kappa shape index (κ1) is 3.63. The highest BCUT2D eigenvalue weighted by Gasteiger charge is 2.28. The fraction of sp³-hybridized carbons (Fsp3) is 0.750. The summed E-state index contributed by atoms with van der Waals surface area (Å²) in [6.07, 6.45) is 0. The van der Waals surface area contributed by atoms with Gasteiger partial charge in [-0.3, -0.25) is 4.90 Å². The summed E-state index contributed by atoms with van der Waals surface area (Å²) in [4.78, 5) is 1.99. The van der Waals surface area contributed by atoms with Gasteiger partial charge in [-0.2, -0.15) is 5.26 Å². The smallest absolute Gasteiger partial charge is 0.110 e. The lowest BCUT2D eigenvalue weighted by Crippen LogP contribution is -1.86. The van der Waals surface area contributed by atoms with Crippen LogP contribution in [0.15, 0.2) is 0 Å². The number of rotatable bonds is 0. The predicted octanol–water partition coefficient (Wildman–Crippen LogP) is -0.176. The Balaban J connectivity index is 2.31. The molecule has 2 heteroatoms. The predicted molar refractivity (Wildman–Crippen MR) is 22.0 cm³/mol. The van der Waals surface area contributed by atoms with Gasteiger partial charge in [0.25, 0.3) is 0 Å². The van der Waals surface area contributed by atoms with Crippen molar-refractivity contribution in [3.05, 3.63) is 0 Å². The number of nitrogens with zero attached hydrogens (tertiary/aromatic N) is 2. The van der Waals surface area contributed by atoms with Crippen LogP contribution in [0.4, 0.5) is 0 Å². The third-order valence-electron chi connectivity index (χ3n) is 1.01. The van der Waals surface area contributed by atoms with Crippen LogP contribution in [0.5, 0.6) is 0 Å². The van der Waals surface area contributed by atoms with Crippen molar-refractivity contribution in [1.82, 2.24) is 4.90 Å². The van der Waals surface area contributed by atoms with E-state index < -0.39 is 0 Å². The average molecular weight is 82.1 g/mol. The molecule has 6 heavy (non-hydrogen) atoms. The molecule has 0 spiro atoms. The molecular formula is C4H6N2. The maximum atomic E-state index is 8.08. The molecule has 0 aromatic rings. The van der Waals surface area contributed by atoms with E-state index in [9.17, 15) is 0 Å². The summed E-state index contributed by atoms with van der Waals surface area (Å²) in [5.41, 5.74) is 0. The zero-order valence-corrected chi connectivity index (χ0v) is 3.68. The zero-order valence-electron chi connectivity index (χ0n) is 3.68. The van der Waals surface area contributed by atoms with E-state index >= 15 is 0 Å². The molecule has 0 aromatic heterocycles. The first-order valence-corrected chi connectivity index (χ1v) is 1.94. The van der Waals surface area contributed by atoms with E-state index in [1.165, 1.54) is 0 Å². The van der Waals surface area contributed by atoms with Crippen molar-refractivity contribution in [1.29, 1.82) is 5.26 Å². The molecule has 2 atom stereocenters. The summed E-state index contributed by atoms with van der Waals surface area (Å²) in [6.45, 7) is 0.969. The van der Waals surface area contributed by atoms with Crippen LogP contribution in [0, 0.1) is 11.3 Å². The minimum absolute atomic E-state index is 0.241. The van der Waals surface area contributed by atoms with Crippen LogP contribution in [0.3, 0.4) is 0 Å². The highest BCUT2D eigenvalue weighted by Crippen LogP contribution is 2.09. The van der Waals surface area contributed by atoms with Crippen molar-refractivity contribution < 1.29 is 0 Å². The van der Waals surface area contributed by atoms with Crippen molar-refractivity contribution in [2.75, 3.05) is 13.6 Å². The summed E-state index contributed by atoms with van der Waals surface area (Å²) < 4.78 is 0. The second-order valence-electron chi connectivity index (χ2n) is 1.58. The highest BCUT2D eigenvalue weighted by atomic mass is 15.3. The van der Waals surface area contributed by atoms with Crippen molar-refractivity contribution in [2.24, 2.45) is 0 Å². The van der Waals surface area contributed by atoms with E-state index in [2.05, 4.69) is 6.07 Å². The third kappa shape index (κ3) is 0.373. The molecule has 0 amide bonds. The fourth-order valence-corrected chi connectivity index (χ4v) is 0.365. The van der Waals surface area contributed by atoms with E-state index in [0.29, 0.717) is 0 Å². The minimum Gasteiger partial charge on any atom is -0.287 e. The molecule has 32 valence electrons. The molecule has 0 bridgehead atoms. The lowest BCUT2D eigenvalue weighted by Gasteiger charge is -1.73. The Labute approximate surface area is 37.0 Å². The molecular weight excluding hydrogens is 76.1 g/mol. The largest absolute Gasteiger partial charge is 0.287 e. The number of hydrogen-bond acceptors (Lipinski definition) is 2. The van der Waals surface area contributed by atoms with E-state index in [1.54, 1.807) is 0 Å². The van der Waals surface area contributed by atoms with Gasteiger partial charge in [0.05, 0.1) is 6.07 Å². The topological polar surface area (TPSA) is 26.8 Å². The van der Waals surface area contributed by atoms with Crippen LogP contribution in [0.1, 0.15) is 0 Å². The maximum Gasteiger partial charge on any atom is 0.110 e. The van der Waals surface area contributed by atoms with Crippen molar-refractivity contribution in [2.45, 2.75) is 6.04 Å². The minimum atomic E-state index is 0.241. The molecule has 0 radical (unpaired) electrons. The Kier molecular flexibility index (Phi) is 0.578. The first-order valence-electron chi connectivity index (χ1n) is 1.94. The molecule has 0 N–H and O–H groups in total. The molecule has 2 nitrogen and oxygen atoms in total. The van der Waals surface area contributed by atoms with Crippen LogP contribution in [-0.4, -0.2) is 24.5 Å². The molecule has 0 aliphatic carbocycles. The molecule has 1 fully saturated rings. The van der Waals surface area contributed by atoms with Gasteiger partial charge >= 0.3 is 0 Å². The molecule has 2 unspecified atom stereocenters. The van der Waals surface area contributed by atoms with E-state index in [4.69, 9.17) is 5.26 Å². The molecule has 0 saturated carbocycles. The summed E-state index contributed by atoms with van der Waals surface area (Å²) in [7, 11) is 1.94. The molecule has 1 aliphatic heterocycles.